The van der Waals surface area contributed by atoms with Gasteiger partial charge < -0.3 is 5.11 Å². The summed E-state index contributed by atoms with van der Waals surface area (Å²) in [6.45, 7) is 1.61. The number of benzene rings is 2. The average molecular weight is 305 g/mol. The molecule has 0 amide bonds. The standard InChI is InChI=1S/C16H19NO3S/c1-13(18)15-9-5-6-10-16(15)17-21(19,20)12-11-14-7-3-2-4-8-14/h2-10,13,17-18H,11-12H2,1H3. The number of hydrogen-bond acceptors (Lipinski definition) is 3. The Kier molecular flexibility index (Phi) is 4.98. The van der Waals surface area contributed by atoms with Gasteiger partial charge in [0.1, 0.15) is 0 Å². The Labute approximate surface area is 125 Å². The first-order chi connectivity index (χ1) is 9.98. The maximum Gasteiger partial charge on any atom is 0.233 e. The monoisotopic (exact) mass is 305 g/mol. The summed E-state index contributed by atoms with van der Waals surface area (Å²) < 4.78 is 26.9. The van der Waals surface area contributed by atoms with Crippen LogP contribution in [0.3, 0.4) is 0 Å². The number of aryl methyl sites for hydroxylation is 1. The molecule has 0 bridgehead atoms. The summed E-state index contributed by atoms with van der Waals surface area (Å²) >= 11 is 0. The molecule has 0 fully saturated rings. The summed E-state index contributed by atoms with van der Waals surface area (Å²) in [6.07, 6.45) is -0.273. The van der Waals surface area contributed by atoms with Gasteiger partial charge in [0.2, 0.25) is 10.0 Å². The molecule has 112 valence electrons. The van der Waals surface area contributed by atoms with Crippen molar-refractivity contribution in [3.05, 3.63) is 65.7 Å². The van der Waals surface area contributed by atoms with Crippen LogP contribution in [0.2, 0.25) is 0 Å². The molecule has 0 heterocycles. The maximum absolute atomic E-state index is 12.2. The summed E-state index contributed by atoms with van der Waals surface area (Å²) in [5.74, 6) is 0.00512. The second kappa shape index (κ2) is 6.74. The first-order valence-corrected chi connectivity index (χ1v) is 8.44. The predicted octanol–water partition coefficient (Wildman–Crippen LogP) is 2.72. The van der Waals surface area contributed by atoms with E-state index in [9.17, 15) is 13.5 Å². The first-order valence-electron chi connectivity index (χ1n) is 6.79. The van der Waals surface area contributed by atoms with Gasteiger partial charge in [-0.3, -0.25) is 4.72 Å². The fourth-order valence-corrected chi connectivity index (χ4v) is 3.20. The quantitative estimate of drug-likeness (QED) is 0.862. The van der Waals surface area contributed by atoms with Crippen LogP contribution < -0.4 is 4.72 Å². The van der Waals surface area contributed by atoms with E-state index in [2.05, 4.69) is 4.72 Å². The molecule has 0 aliphatic carbocycles. The van der Waals surface area contributed by atoms with Crippen LogP contribution in [-0.2, 0) is 16.4 Å². The molecule has 2 rings (SSSR count). The summed E-state index contributed by atoms with van der Waals surface area (Å²) in [5.41, 5.74) is 1.98. The molecule has 1 unspecified atom stereocenters. The molecule has 0 aliphatic heterocycles. The van der Waals surface area contributed by atoms with Crippen molar-refractivity contribution in [1.29, 1.82) is 0 Å². The zero-order valence-corrected chi connectivity index (χ0v) is 12.7. The molecular formula is C16H19NO3S. The van der Waals surface area contributed by atoms with Crippen molar-refractivity contribution in [2.75, 3.05) is 10.5 Å². The highest BCUT2D eigenvalue weighted by molar-refractivity contribution is 7.92. The number of anilines is 1. The molecule has 1 atom stereocenters. The Hall–Kier alpha value is -1.85. The van der Waals surface area contributed by atoms with Gasteiger partial charge in [0.15, 0.2) is 0 Å². The molecule has 0 radical (unpaired) electrons. The van der Waals surface area contributed by atoms with E-state index in [1.807, 2.05) is 30.3 Å². The van der Waals surface area contributed by atoms with Crippen molar-refractivity contribution in [3.8, 4) is 0 Å². The Morgan fingerprint density at radius 1 is 1.05 bits per heavy atom. The van der Waals surface area contributed by atoms with E-state index < -0.39 is 16.1 Å². The Morgan fingerprint density at radius 2 is 1.67 bits per heavy atom. The van der Waals surface area contributed by atoms with Crippen LogP contribution in [0.5, 0.6) is 0 Å². The van der Waals surface area contributed by atoms with Gasteiger partial charge in [0.25, 0.3) is 0 Å². The minimum atomic E-state index is -3.45. The van der Waals surface area contributed by atoms with E-state index in [0.29, 0.717) is 17.7 Å². The smallest absolute Gasteiger partial charge is 0.233 e. The van der Waals surface area contributed by atoms with Crippen LogP contribution in [0.1, 0.15) is 24.2 Å². The number of hydrogen-bond donors (Lipinski definition) is 2. The van der Waals surface area contributed by atoms with Gasteiger partial charge in [-0.05, 0) is 25.0 Å². The number of rotatable bonds is 6. The van der Waals surface area contributed by atoms with Crippen molar-refractivity contribution >= 4 is 15.7 Å². The molecule has 0 spiro atoms. The molecule has 21 heavy (non-hydrogen) atoms. The molecule has 4 nitrogen and oxygen atoms in total. The van der Waals surface area contributed by atoms with Crippen LogP contribution in [-0.4, -0.2) is 19.3 Å². The van der Waals surface area contributed by atoms with E-state index in [1.54, 1.807) is 31.2 Å². The van der Waals surface area contributed by atoms with Gasteiger partial charge >= 0.3 is 0 Å². The van der Waals surface area contributed by atoms with E-state index in [1.165, 1.54) is 0 Å². The second-order valence-electron chi connectivity index (χ2n) is 4.92. The average Bonchev–Trinajstić information content (AvgIpc) is 2.46. The summed E-state index contributed by atoms with van der Waals surface area (Å²) in [4.78, 5) is 0. The highest BCUT2D eigenvalue weighted by Crippen LogP contribution is 2.23. The van der Waals surface area contributed by atoms with E-state index in [0.717, 1.165) is 5.56 Å². The van der Waals surface area contributed by atoms with Crippen LogP contribution in [0, 0.1) is 0 Å². The van der Waals surface area contributed by atoms with E-state index in [4.69, 9.17) is 0 Å². The number of aliphatic hydroxyl groups is 1. The molecular weight excluding hydrogens is 286 g/mol. The molecule has 0 saturated carbocycles. The second-order valence-corrected chi connectivity index (χ2v) is 6.76. The van der Waals surface area contributed by atoms with Crippen LogP contribution in [0.15, 0.2) is 54.6 Å². The minimum Gasteiger partial charge on any atom is -0.389 e. The largest absolute Gasteiger partial charge is 0.389 e. The van der Waals surface area contributed by atoms with Crippen molar-refractivity contribution < 1.29 is 13.5 Å². The van der Waals surface area contributed by atoms with Crippen LogP contribution in [0.25, 0.3) is 0 Å². The predicted molar refractivity (Wildman–Crippen MR) is 84.6 cm³/mol. The Morgan fingerprint density at radius 3 is 2.33 bits per heavy atom. The Bertz CT molecular complexity index is 682. The van der Waals surface area contributed by atoms with Gasteiger partial charge in [-0.15, -0.1) is 0 Å². The number of para-hydroxylation sites is 1. The molecule has 2 aromatic carbocycles. The lowest BCUT2D eigenvalue weighted by Gasteiger charge is -2.14. The molecule has 0 aliphatic rings. The van der Waals surface area contributed by atoms with Crippen LogP contribution >= 0.6 is 0 Å². The fourth-order valence-electron chi connectivity index (χ4n) is 2.07. The molecule has 2 aromatic rings. The van der Waals surface area contributed by atoms with Gasteiger partial charge in [-0.1, -0.05) is 48.5 Å². The molecule has 2 N–H and O–H groups in total. The maximum atomic E-state index is 12.2. The van der Waals surface area contributed by atoms with Crippen molar-refractivity contribution in [1.82, 2.24) is 0 Å². The van der Waals surface area contributed by atoms with Crippen molar-refractivity contribution in [3.63, 3.8) is 0 Å². The SMILES string of the molecule is CC(O)c1ccccc1NS(=O)(=O)CCc1ccccc1. The van der Waals surface area contributed by atoms with Gasteiger partial charge in [-0.25, -0.2) is 8.42 Å². The Balaban J connectivity index is 2.08. The zero-order chi connectivity index (χ0) is 15.3. The highest BCUT2D eigenvalue weighted by atomic mass is 32.2. The van der Waals surface area contributed by atoms with E-state index >= 15 is 0 Å². The summed E-state index contributed by atoms with van der Waals surface area (Å²) in [7, 11) is -3.45. The molecule has 0 saturated heterocycles. The number of nitrogens with one attached hydrogen (secondary N) is 1. The number of sulfonamides is 1. The normalized spacial score (nSPS) is 12.9. The third-order valence-corrected chi connectivity index (χ3v) is 4.45. The fraction of sp³-hybridized carbons (Fsp3) is 0.250. The molecule has 0 aromatic heterocycles. The van der Waals surface area contributed by atoms with Crippen molar-refractivity contribution in [2.45, 2.75) is 19.4 Å². The highest BCUT2D eigenvalue weighted by Gasteiger charge is 2.14. The van der Waals surface area contributed by atoms with Gasteiger partial charge in [0.05, 0.1) is 17.5 Å². The minimum absolute atomic E-state index is 0.00512. The van der Waals surface area contributed by atoms with Crippen LogP contribution in [0.4, 0.5) is 5.69 Å². The van der Waals surface area contributed by atoms with E-state index in [-0.39, 0.29) is 5.75 Å². The third-order valence-electron chi connectivity index (χ3n) is 3.18. The first kappa shape index (κ1) is 15.5. The van der Waals surface area contributed by atoms with Gasteiger partial charge in [0, 0.05) is 5.56 Å². The number of aliphatic hydroxyl groups excluding tert-OH is 1. The molecule has 5 heteroatoms. The third kappa shape index (κ3) is 4.58. The van der Waals surface area contributed by atoms with Crippen molar-refractivity contribution in [2.24, 2.45) is 0 Å². The lowest BCUT2D eigenvalue weighted by molar-refractivity contribution is 0.200. The topological polar surface area (TPSA) is 66.4 Å². The van der Waals surface area contributed by atoms with Gasteiger partial charge in [-0.2, -0.15) is 0 Å². The lowest BCUT2D eigenvalue weighted by atomic mass is 10.1. The zero-order valence-electron chi connectivity index (χ0n) is 11.9. The lowest BCUT2D eigenvalue weighted by Crippen LogP contribution is -2.19. The summed E-state index contributed by atoms with van der Waals surface area (Å²) in [5, 5.41) is 9.67. The summed E-state index contributed by atoms with van der Waals surface area (Å²) in [6, 6.07) is 16.3.